The number of hydrogen-bond acceptors (Lipinski definition) is 5. The Hall–Kier alpha value is -2.95. The Morgan fingerprint density at radius 2 is 1.30 bits per heavy atom. The summed E-state index contributed by atoms with van der Waals surface area (Å²) in [7, 11) is 0. The fraction of sp³-hybridized carbons (Fsp3) is 0. The Morgan fingerprint density at radius 1 is 0.700 bits per heavy atom. The van der Waals surface area contributed by atoms with E-state index in [9.17, 15) is 0 Å². The molecular formula is C15H13N5. The summed E-state index contributed by atoms with van der Waals surface area (Å²) in [5.74, 6) is 0.630. The van der Waals surface area contributed by atoms with Crippen LogP contribution in [0.1, 0.15) is 0 Å². The molecule has 4 rings (SSSR count). The number of aromatic nitrogens is 1. The summed E-state index contributed by atoms with van der Waals surface area (Å²) in [5, 5.41) is 10.7. The molecule has 5 nitrogen and oxygen atoms in total. The third kappa shape index (κ3) is 4.73. The molecule has 20 heavy (non-hydrogen) atoms. The average molecular weight is 263 g/mol. The molecule has 0 fully saturated rings. The summed E-state index contributed by atoms with van der Waals surface area (Å²) < 4.78 is 0. The van der Waals surface area contributed by atoms with Crippen molar-refractivity contribution in [3.63, 3.8) is 0 Å². The first-order chi connectivity index (χ1) is 9.97. The lowest BCUT2D eigenvalue weighted by Crippen LogP contribution is -1.83. The van der Waals surface area contributed by atoms with Gasteiger partial charge in [0.25, 0.3) is 0 Å². The lowest BCUT2D eigenvalue weighted by Gasteiger charge is -1.76. The van der Waals surface area contributed by atoms with E-state index in [1.165, 1.54) is 0 Å². The number of pyridine rings is 1. The first kappa shape index (κ1) is 13.5. The summed E-state index contributed by atoms with van der Waals surface area (Å²) in [6.07, 6.45) is 6.93. The van der Waals surface area contributed by atoms with Gasteiger partial charge in [-0.2, -0.15) is 0 Å². The van der Waals surface area contributed by atoms with Gasteiger partial charge in [-0.1, -0.05) is 42.5 Å². The second-order valence-electron chi connectivity index (χ2n) is 3.62. The van der Waals surface area contributed by atoms with Gasteiger partial charge in [-0.3, -0.25) is 4.98 Å². The van der Waals surface area contributed by atoms with Crippen LogP contribution in [0, 0.1) is 0 Å². The van der Waals surface area contributed by atoms with Crippen LogP contribution < -0.4 is 0 Å². The van der Waals surface area contributed by atoms with E-state index < -0.39 is 0 Å². The minimum Gasteiger partial charge on any atom is -0.265 e. The van der Waals surface area contributed by atoms with Gasteiger partial charge in [0, 0.05) is 18.6 Å². The summed E-state index contributed by atoms with van der Waals surface area (Å²) in [6.45, 7) is 0. The second kappa shape index (κ2) is 8.20. The lowest BCUT2D eigenvalue weighted by molar-refractivity contribution is 1.09. The SMILES string of the molecule is C1=NC2=NN=NC2=C1.c1ccccc1.c1ccncc1. The second-order valence-corrected chi connectivity index (χ2v) is 3.62. The van der Waals surface area contributed by atoms with Crippen LogP contribution in [-0.4, -0.2) is 17.0 Å². The monoisotopic (exact) mass is 263 g/mol. The first-order valence-electron chi connectivity index (χ1n) is 6.05. The highest BCUT2D eigenvalue weighted by Gasteiger charge is 2.12. The molecule has 2 aliphatic heterocycles. The molecule has 98 valence electrons. The molecular weight excluding hydrogens is 250 g/mol. The quantitative estimate of drug-likeness (QED) is 0.717. The van der Waals surface area contributed by atoms with Crippen LogP contribution in [-0.2, 0) is 0 Å². The maximum atomic E-state index is 3.84. The Bertz CT molecular complexity index is 504. The Morgan fingerprint density at radius 3 is 1.75 bits per heavy atom. The van der Waals surface area contributed by atoms with Gasteiger partial charge < -0.3 is 0 Å². The molecule has 0 spiro atoms. The number of hydrogen-bond donors (Lipinski definition) is 0. The predicted molar refractivity (Wildman–Crippen MR) is 79.5 cm³/mol. The topological polar surface area (TPSA) is 62.3 Å². The first-order valence-corrected chi connectivity index (χ1v) is 6.05. The van der Waals surface area contributed by atoms with E-state index in [4.69, 9.17) is 0 Å². The maximum absolute atomic E-state index is 3.84. The van der Waals surface area contributed by atoms with Gasteiger partial charge in [-0.25, -0.2) is 4.99 Å². The molecule has 0 aliphatic carbocycles. The zero-order valence-corrected chi connectivity index (χ0v) is 10.7. The van der Waals surface area contributed by atoms with Crippen molar-refractivity contribution in [3.8, 4) is 0 Å². The predicted octanol–water partition coefficient (Wildman–Crippen LogP) is 3.50. The Balaban J connectivity index is 0.000000112. The van der Waals surface area contributed by atoms with Gasteiger partial charge in [0.2, 0.25) is 5.84 Å². The van der Waals surface area contributed by atoms with E-state index >= 15 is 0 Å². The van der Waals surface area contributed by atoms with Crippen LogP contribution in [0.25, 0.3) is 0 Å². The van der Waals surface area contributed by atoms with E-state index in [1.54, 1.807) is 24.7 Å². The molecule has 2 aromatic rings. The number of amidine groups is 1. The standard InChI is InChI=1S/C6H6.C5H5N.C4H2N4/c2*1-2-4-6-5-3-1;1-2-5-4-3(1)6-8-7-4/h1-6H;1-5H;1-2H. The summed E-state index contributed by atoms with van der Waals surface area (Å²) in [6, 6.07) is 17.7. The number of fused-ring (bicyclic) bond motifs is 1. The van der Waals surface area contributed by atoms with Crippen LogP contribution in [0.4, 0.5) is 0 Å². The molecule has 0 amide bonds. The van der Waals surface area contributed by atoms with Gasteiger partial charge in [-0.05, 0) is 23.4 Å². The van der Waals surface area contributed by atoms with Crippen LogP contribution in [0.5, 0.6) is 0 Å². The van der Waals surface area contributed by atoms with Crippen molar-refractivity contribution < 1.29 is 0 Å². The summed E-state index contributed by atoms with van der Waals surface area (Å²) in [4.78, 5) is 7.63. The van der Waals surface area contributed by atoms with Gasteiger partial charge in [0.1, 0.15) is 5.70 Å². The zero-order chi connectivity index (χ0) is 13.9. The lowest BCUT2D eigenvalue weighted by atomic mass is 10.4. The third-order valence-corrected chi connectivity index (χ3v) is 2.18. The number of allylic oxidation sites excluding steroid dienone is 1. The van der Waals surface area contributed by atoms with Crippen molar-refractivity contribution in [2.24, 2.45) is 20.4 Å². The number of nitrogens with zero attached hydrogens (tertiary/aromatic N) is 5. The highest BCUT2D eigenvalue weighted by atomic mass is 15.4. The highest BCUT2D eigenvalue weighted by Crippen LogP contribution is 2.12. The molecule has 0 unspecified atom stereocenters. The number of aliphatic imine (C=N–C) groups is 1. The van der Waals surface area contributed by atoms with E-state index in [0.717, 1.165) is 5.70 Å². The van der Waals surface area contributed by atoms with E-state index in [-0.39, 0.29) is 0 Å². The zero-order valence-electron chi connectivity index (χ0n) is 10.7. The van der Waals surface area contributed by atoms with Crippen LogP contribution >= 0.6 is 0 Å². The molecule has 3 heterocycles. The molecule has 0 radical (unpaired) electrons. The van der Waals surface area contributed by atoms with Gasteiger partial charge in [0.15, 0.2) is 0 Å². The molecule has 1 aromatic carbocycles. The maximum Gasteiger partial charge on any atom is 0.204 e. The molecule has 1 aromatic heterocycles. The van der Waals surface area contributed by atoms with E-state index in [0.29, 0.717) is 5.84 Å². The molecule has 0 bridgehead atoms. The third-order valence-electron chi connectivity index (χ3n) is 2.18. The normalized spacial score (nSPS) is 13.2. The highest BCUT2D eigenvalue weighted by molar-refractivity contribution is 6.11. The molecule has 0 N–H and O–H groups in total. The van der Waals surface area contributed by atoms with Gasteiger partial charge >= 0.3 is 0 Å². The van der Waals surface area contributed by atoms with Crippen molar-refractivity contribution in [2.75, 3.05) is 0 Å². The molecule has 0 atom stereocenters. The fourth-order valence-corrected chi connectivity index (χ4v) is 1.28. The summed E-state index contributed by atoms with van der Waals surface area (Å²) in [5.41, 5.74) is 0.769. The molecule has 5 heteroatoms. The van der Waals surface area contributed by atoms with Gasteiger partial charge in [-0.15, -0.1) is 10.2 Å². The average Bonchev–Trinajstić information content (AvgIpc) is 3.16. The summed E-state index contributed by atoms with van der Waals surface area (Å²) >= 11 is 0. The van der Waals surface area contributed by atoms with Crippen molar-refractivity contribution in [3.05, 3.63) is 78.8 Å². The van der Waals surface area contributed by atoms with Crippen molar-refractivity contribution in [1.82, 2.24) is 4.98 Å². The van der Waals surface area contributed by atoms with Gasteiger partial charge in [0.05, 0.1) is 0 Å². The molecule has 0 saturated carbocycles. The smallest absolute Gasteiger partial charge is 0.204 e. The van der Waals surface area contributed by atoms with E-state index in [2.05, 4.69) is 25.4 Å². The molecule has 2 aliphatic rings. The fourth-order valence-electron chi connectivity index (χ4n) is 1.28. The van der Waals surface area contributed by atoms with E-state index in [1.807, 2.05) is 54.6 Å². The largest absolute Gasteiger partial charge is 0.265 e. The van der Waals surface area contributed by atoms with Crippen LogP contribution in [0.3, 0.4) is 0 Å². The Labute approximate surface area is 117 Å². The molecule has 0 saturated heterocycles. The Kier molecular flexibility index (Phi) is 5.53. The van der Waals surface area contributed by atoms with Crippen molar-refractivity contribution in [1.29, 1.82) is 0 Å². The minimum atomic E-state index is 0.630. The van der Waals surface area contributed by atoms with Crippen molar-refractivity contribution >= 4 is 12.1 Å². The minimum absolute atomic E-state index is 0.630. The van der Waals surface area contributed by atoms with Crippen LogP contribution in [0.15, 0.2) is 99.2 Å². The van der Waals surface area contributed by atoms with Crippen LogP contribution in [0.2, 0.25) is 0 Å². The number of benzene rings is 1. The van der Waals surface area contributed by atoms with Crippen molar-refractivity contribution in [2.45, 2.75) is 0 Å². The number of rotatable bonds is 0.